The SMILES string of the molecule is COc1cc2nc(CO)cn2c(N2CCN(C(=O)O)CC2)n1. The Balaban J connectivity index is 1.95. The van der Waals surface area contributed by atoms with Crippen molar-refractivity contribution in [2.45, 2.75) is 6.61 Å². The number of amides is 1. The first-order valence-electron chi connectivity index (χ1n) is 6.89. The smallest absolute Gasteiger partial charge is 0.407 e. The summed E-state index contributed by atoms with van der Waals surface area (Å²) in [4.78, 5) is 23.1. The zero-order chi connectivity index (χ0) is 15.7. The largest absolute Gasteiger partial charge is 0.481 e. The van der Waals surface area contributed by atoms with Crippen molar-refractivity contribution in [3.63, 3.8) is 0 Å². The quantitative estimate of drug-likeness (QED) is 0.824. The van der Waals surface area contributed by atoms with Gasteiger partial charge in [-0.25, -0.2) is 9.78 Å². The predicted molar refractivity (Wildman–Crippen MR) is 77.3 cm³/mol. The Morgan fingerprint density at radius 2 is 2.05 bits per heavy atom. The number of piperazine rings is 1. The van der Waals surface area contributed by atoms with Crippen LogP contribution in [0.25, 0.3) is 5.65 Å². The molecule has 0 saturated carbocycles. The fraction of sp³-hybridized carbons (Fsp3) is 0.462. The Labute approximate surface area is 126 Å². The van der Waals surface area contributed by atoms with Crippen molar-refractivity contribution in [1.29, 1.82) is 0 Å². The van der Waals surface area contributed by atoms with Crippen molar-refractivity contribution in [1.82, 2.24) is 19.3 Å². The van der Waals surface area contributed by atoms with Crippen LogP contribution in [0.15, 0.2) is 12.3 Å². The van der Waals surface area contributed by atoms with Crippen molar-refractivity contribution in [2.75, 3.05) is 38.2 Å². The molecular weight excluding hydrogens is 290 g/mol. The van der Waals surface area contributed by atoms with Gasteiger partial charge in [-0.2, -0.15) is 4.98 Å². The second kappa shape index (κ2) is 5.68. The highest BCUT2D eigenvalue weighted by molar-refractivity contribution is 5.65. The van der Waals surface area contributed by atoms with Gasteiger partial charge in [0.25, 0.3) is 0 Å². The van der Waals surface area contributed by atoms with E-state index in [1.807, 2.05) is 4.90 Å². The molecule has 9 nitrogen and oxygen atoms in total. The number of aliphatic hydroxyl groups excluding tert-OH is 1. The maximum atomic E-state index is 11.0. The summed E-state index contributed by atoms with van der Waals surface area (Å²) in [5, 5.41) is 18.3. The van der Waals surface area contributed by atoms with Crippen LogP contribution in [0.5, 0.6) is 5.88 Å². The van der Waals surface area contributed by atoms with Crippen molar-refractivity contribution in [2.24, 2.45) is 0 Å². The normalized spacial score (nSPS) is 15.4. The van der Waals surface area contributed by atoms with Crippen molar-refractivity contribution < 1.29 is 19.7 Å². The highest BCUT2D eigenvalue weighted by atomic mass is 16.5. The van der Waals surface area contributed by atoms with E-state index in [2.05, 4.69) is 9.97 Å². The first-order valence-corrected chi connectivity index (χ1v) is 6.89. The number of fused-ring (bicyclic) bond motifs is 1. The second-order valence-electron chi connectivity index (χ2n) is 4.97. The van der Waals surface area contributed by atoms with Crippen LogP contribution in [0, 0.1) is 0 Å². The summed E-state index contributed by atoms with van der Waals surface area (Å²) in [6.45, 7) is 1.74. The minimum absolute atomic E-state index is 0.157. The number of ether oxygens (including phenoxy) is 1. The second-order valence-corrected chi connectivity index (χ2v) is 4.97. The van der Waals surface area contributed by atoms with Gasteiger partial charge in [-0.15, -0.1) is 0 Å². The number of nitrogens with zero attached hydrogens (tertiary/aromatic N) is 5. The number of methoxy groups -OCH3 is 1. The molecule has 9 heteroatoms. The molecule has 1 fully saturated rings. The molecule has 3 heterocycles. The molecule has 0 unspecified atom stereocenters. The molecule has 0 atom stereocenters. The minimum Gasteiger partial charge on any atom is -0.481 e. The number of rotatable bonds is 3. The van der Waals surface area contributed by atoms with E-state index in [0.29, 0.717) is 49.3 Å². The van der Waals surface area contributed by atoms with Crippen LogP contribution < -0.4 is 9.64 Å². The summed E-state index contributed by atoms with van der Waals surface area (Å²) in [7, 11) is 1.53. The van der Waals surface area contributed by atoms with Gasteiger partial charge in [-0.05, 0) is 0 Å². The molecule has 22 heavy (non-hydrogen) atoms. The summed E-state index contributed by atoms with van der Waals surface area (Å²) in [5.41, 5.74) is 1.17. The van der Waals surface area contributed by atoms with E-state index in [4.69, 9.17) is 9.84 Å². The Kier molecular flexibility index (Phi) is 3.72. The Hall–Kier alpha value is -2.55. The molecule has 2 aromatic rings. The number of carboxylic acid groups (broad SMARTS) is 1. The predicted octanol–water partition coefficient (Wildman–Crippen LogP) is 0.0302. The lowest BCUT2D eigenvalue weighted by atomic mass is 10.3. The standard InChI is InChI=1S/C13H17N5O4/c1-22-11-6-10-14-9(8-19)7-18(10)12(15-11)16-2-4-17(5-3-16)13(20)21/h6-7,19H,2-5,8H2,1H3,(H,20,21). The molecule has 1 aliphatic heterocycles. The van der Waals surface area contributed by atoms with Gasteiger partial charge in [0.05, 0.1) is 19.4 Å². The van der Waals surface area contributed by atoms with E-state index < -0.39 is 6.09 Å². The molecule has 0 spiro atoms. The number of imidazole rings is 1. The Morgan fingerprint density at radius 1 is 1.32 bits per heavy atom. The van der Waals surface area contributed by atoms with Gasteiger partial charge in [0.1, 0.15) is 5.65 Å². The first kappa shape index (κ1) is 14.4. The van der Waals surface area contributed by atoms with Crippen molar-refractivity contribution >= 4 is 17.7 Å². The van der Waals surface area contributed by atoms with Crippen molar-refractivity contribution in [3.8, 4) is 5.88 Å². The lowest BCUT2D eigenvalue weighted by Crippen LogP contribution is -2.49. The van der Waals surface area contributed by atoms with Crippen LogP contribution in [-0.2, 0) is 6.61 Å². The lowest BCUT2D eigenvalue weighted by molar-refractivity contribution is 0.142. The van der Waals surface area contributed by atoms with E-state index in [1.165, 1.54) is 12.0 Å². The molecule has 3 rings (SSSR count). The van der Waals surface area contributed by atoms with Crippen LogP contribution in [0.3, 0.4) is 0 Å². The van der Waals surface area contributed by atoms with Gasteiger partial charge < -0.3 is 24.7 Å². The van der Waals surface area contributed by atoms with Gasteiger partial charge in [-0.1, -0.05) is 0 Å². The average Bonchev–Trinajstić information content (AvgIpc) is 2.97. The third-order valence-corrected chi connectivity index (χ3v) is 3.67. The molecule has 1 saturated heterocycles. The summed E-state index contributed by atoms with van der Waals surface area (Å²) < 4.78 is 6.98. The van der Waals surface area contributed by atoms with Crippen LogP contribution in [0.4, 0.5) is 10.7 Å². The highest BCUT2D eigenvalue weighted by Gasteiger charge is 2.23. The molecular formula is C13H17N5O4. The maximum Gasteiger partial charge on any atom is 0.407 e. The van der Waals surface area contributed by atoms with E-state index >= 15 is 0 Å². The van der Waals surface area contributed by atoms with Crippen LogP contribution >= 0.6 is 0 Å². The topological polar surface area (TPSA) is 103 Å². The zero-order valence-electron chi connectivity index (χ0n) is 12.1. The molecule has 1 aliphatic rings. The van der Waals surface area contributed by atoms with E-state index in [9.17, 15) is 9.90 Å². The number of carbonyl (C=O) groups is 1. The van der Waals surface area contributed by atoms with Gasteiger partial charge >= 0.3 is 6.09 Å². The molecule has 0 aromatic carbocycles. The molecule has 0 radical (unpaired) electrons. The summed E-state index contributed by atoms with van der Waals surface area (Å²) in [5.74, 6) is 1.06. The van der Waals surface area contributed by atoms with E-state index in [-0.39, 0.29) is 6.61 Å². The zero-order valence-corrected chi connectivity index (χ0v) is 12.1. The average molecular weight is 307 g/mol. The maximum absolute atomic E-state index is 11.0. The Bertz CT molecular complexity index is 693. The minimum atomic E-state index is -0.909. The van der Waals surface area contributed by atoms with Crippen LogP contribution in [0.1, 0.15) is 5.69 Å². The van der Waals surface area contributed by atoms with E-state index in [0.717, 1.165) is 0 Å². The Morgan fingerprint density at radius 3 is 2.64 bits per heavy atom. The third-order valence-electron chi connectivity index (χ3n) is 3.67. The first-order chi connectivity index (χ1) is 10.6. The monoisotopic (exact) mass is 307 g/mol. The summed E-state index contributed by atoms with van der Waals surface area (Å²) in [6, 6.07) is 1.69. The van der Waals surface area contributed by atoms with E-state index in [1.54, 1.807) is 16.7 Å². The fourth-order valence-electron chi connectivity index (χ4n) is 2.50. The number of anilines is 1. The number of hydrogen-bond donors (Lipinski definition) is 2. The van der Waals surface area contributed by atoms with Crippen molar-refractivity contribution in [3.05, 3.63) is 18.0 Å². The molecule has 2 aromatic heterocycles. The van der Waals surface area contributed by atoms with Gasteiger partial charge in [0, 0.05) is 38.4 Å². The van der Waals surface area contributed by atoms with Gasteiger partial charge in [0.15, 0.2) is 0 Å². The van der Waals surface area contributed by atoms with Gasteiger partial charge in [0.2, 0.25) is 11.8 Å². The molecule has 0 bridgehead atoms. The van der Waals surface area contributed by atoms with Gasteiger partial charge in [-0.3, -0.25) is 4.40 Å². The molecule has 2 N–H and O–H groups in total. The lowest BCUT2D eigenvalue weighted by Gasteiger charge is -2.33. The highest BCUT2D eigenvalue weighted by Crippen LogP contribution is 2.22. The summed E-state index contributed by atoms with van der Waals surface area (Å²) >= 11 is 0. The number of hydrogen-bond acceptors (Lipinski definition) is 6. The molecule has 118 valence electrons. The number of aromatic nitrogens is 3. The van der Waals surface area contributed by atoms with Crippen LogP contribution in [-0.4, -0.2) is 68.9 Å². The fourth-order valence-corrected chi connectivity index (χ4v) is 2.50. The summed E-state index contributed by atoms with van der Waals surface area (Å²) in [6.07, 6.45) is 0.814. The number of aliphatic hydroxyl groups is 1. The third kappa shape index (κ3) is 2.50. The molecule has 1 amide bonds. The molecule has 0 aliphatic carbocycles. The van der Waals surface area contributed by atoms with Crippen LogP contribution in [0.2, 0.25) is 0 Å².